The summed E-state index contributed by atoms with van der Waals surface area (Å²) in [6, 6.07) is 15.8. The van der Waals surface area contributed by atoms with E-state index in [1.165, 1.54) is 24.3 Å². The SMILES string of the molecule is Cc1ccc(S(=O)(=O)N(CC(=O)Nc2ccc(Cl)cc2Cl)Cc2c(Cl)cccc2Cl)cc1. The van der Waals surface area contributed by atoms with Crippen LogP contribution in [0.3, 0.4) is 0 Å². The van der Waals surface area contributed by atoms with Gasteiger partial charge < -0.3 is 5.32 Å². The van der Waals surface area contributed by atoms with E-state index in [0.717, 1.165) is 9.87 Å². The van der Waals surface area contributed by atoms with Crippen molar-refractivity contribution in [3.63, 3.8) is 0 Å². The first-order valence-electron chi connectivity index (χ1n) is 9.32. The van der Waals surface area contributed by atoms with Crippen LogP contribution in [0.4, 0.5) is 5.69 Å². The Hall–Kier alpha value is -1.80. The molecule has 3 aromatic rings. The topological polar surface area (TPSA) is 66.5 Å². The average Bonchev–Trinajstić information content (AvgIpc) is 2.72. The first-order chi connectivity index (χ1) is 15.1. The van der Waals surface area contributed by atoms with E-state index in [2.05, 4.69) is 5.32 Å². The third-order valence-corrected chi connectivity index (χ3v) is 7.64. The summed E-state index contributed by atoms with van der Waals surface area (Å²) in [5.74, 6) is -0.590. The molecule has 32 heavy (non-hydrogen) atoms. The Morgan fingerprint density at radius 2 is 1.53 bits per heavy atom. The molecule has 0 atom stereocenters. The van der Waals surface area contributed by atoms with Crippen LogP contribution < -0.4 is 5.32 Å². The minimum absolute atomic E-state index is 0.0450. The van der Waals surface area contributed by atoms with Crippen LogP contribution >= 0.6 is 46.4 Å². The summed E-state index contributed by atoms with van der Waals surface area (Å²) in [7, 11) is -4.05. The van der Waals surface area contributed by atoms with Gasteiger partial charge in [0.2, 0.25) is 15.9 Å². The van der Waals surface area contributed by atoms with Gasteiger partial charge in [0.25, 0.3) is 0 Å². The minimum Gasteiger partial charge on any atom is -0.324 e. The van der Waals surface area contributed by atoms with Gasteiger partial charge in [0.05, 0.1) is 22.2 Å². The number of rotatable bonds is 7. The standard InChI is InChI=1S/C22H18Cl4N2O3S/c1-14-5-8-16(9-6-14)32(30,31)28(12-17-18(24)3-2-4-19(17)25)13-22(29)27-21-10-7-15(23)11-20(21)26/h2-11H,12-13H2,1H3,(H,27,29). The van der Waals surface area contributed by atoms with Gasteiger partial charge in [0, 0.05) is 27.2 Å². The number of carbonyl (C=O) groups excluding carboxylic acids is 1. The fourth-order valence-electron chi connectivity index (χ4n) is 2.89. The zero-order valence-corrected chi connectivity index (χ0v) is 20.6. The molecule has 0 aliphatic rings. The Labute approximate surface area is 206 Å². The highest BCUT2D eigenvalue weighted by Crippen LogP contribution is 2.29. The fourth-order valence-corrected chi connectivity index (χ4v) is 5.22. The van der Waals surface area contributed by atoms with Crippen LogP contribution in [0, 0.1) is 6.92 Å². The first kappa shape index (κ1) is 24.8. The second kappa shape index (κ2) is 10.4. The number of hydrogen-bond acceptors (Lipinski definition) is 3. The van der Waals surface area contributed by atoms with Crippen molar-refractivity contribution < 1.29 is 13.2 Å². The third kappa shape index (κ3) is 5.95. The number of hydrogen-bond donors (Lipinski definition) is 1. The summed E-state index contributed by atoms with van der Waals surface area (Å²) in [4.78, 5) is 12.8. The molecule has 5 nitrogen and oxygen atoms in total. The number of nitrogens with zero attached hydrogens (tertiary/aromatic N) is 1. The number of aryl methyl sites for hydroxylation is 1. The second-order valence-electron chi connectivity index (χ2n) is 6.96. The van der Waals surface area contributed by atoms with E-state index in [-0.39, 0.29) is 16.5 Å². The number of carbonyl (C=O) groups is 1. The van der Waals surface area contributed by atoms with Crippen LogP contribution in [0.15, 0.2) is 65.6 Å². The van der Waals surface area contributed by atoms with Gasteiger partial charge in [0.1, 0.15) is 0 Å². The van der Waals surface area contributed by atoms with Gasteiger partial charge in [-0.2, -0.15) is 4.31 Å². The van der Waals surface area contributed by atoms with Crippen LogP contribution in [0.25, 0.3) is 0 Å². The average molecular weight is 532 g/mol. The van der Waals surface area contributed by atoms with E-state index in [1.54, 1.807) is 36.4 Å². The van der Waals surface area contributed by atoms with Gasteiger partial charge in [-0.25, -0.2) is 8.42 Å². The monoisotopic (exact) mass is 530 g/mol. The minimum atomic E-state index is -4.05. The number of halogens is 4. The highest BCUT2D eigenvalue weighted by molar-refractivity contribution is 7.89. The van der Waals surface area contributed by atoms with Crippen molar-refractivity contribution in [2.24, 2.45) is 0 Å². The van der Waals surface area contributed by atoms with Gasteiger partial charge in [-0.15, -0.1) is 0 Å². The molecule has 0 fully saturated rings. The van der Waals surface area contributed by atoms with Crippen molar-refractivity contribution in [2.75, 3.05) is 11.9 Å². The Balaban J connectivity index is 1.94. The zero-order chi connectivity index (χ0) is 23.5. The van der Waals surface area contributed by atoms with Crippen molar-refractivity contribution in [1.82, 2.24) is 4.31 Å². The lowest BCUT2D eigenvalue weighted by molar-refractivity contribution is -0.116. The van der Waals surface area contributed by atoms with Gasteiger partial charge in [0.15, 0.2) is 0 Å². The summed E-state index contributed by atoms with van der Waals surface area (Å²) in [6.45, 7) is 1.16. The van der Waals surface area contributed by atoms with Crippen LogP contribution in [-0.2, 0) is 21.4 Å². The van der Waals surface area contributed by atoms with Gasteiger partial charge in [-0.1, -0.05) is 70.2 Å². The number of amides is 1. The normalized spacial score (nSPS) is 11.6. The van der Waals surface area contributed by atoms with E-state index in [9.17, 15) is 13.2 Å². The summed E-state index contributed by atoms with van der Waals surface area (Å²) in [5, 5.41) is 3.84. The molecule has 3 aromatic carbocycles. The molecule has 0 spiro atoms. The summed E-state index contributed by atoms with van der Waals surface area (Å²) in [5.41, 5.74) is 1.60. The lowest BCUT2D eigenvalue weighted by Crippen LogP contribution is -2.37. The van der Waals surface area contributed by atoms with Crippen molar-refractivity contribution in [2.45, 2.75) is 18.4 Å². The molecule has 168 valence electrons. The zero-order valence-electron chi connectivity index (χ0n) is 16.8. The number of nitrogens with one attached hydrogen (secondary N) is 1. The highest BCUT2D eigenvalue weighted by Gasteiger charge is 2.28. The van der Waals surface area contributed by atoms with Gasteiger partial charge in [-0.05, 0) is 49.4 Å². The Morgan fingerprint density at radius 3 is 2.12 bits per heavy atom. The van der Waals surface area contributed by atoms with Crippen LogP contribution in [-0.4, -0.2) is 25.2 Å². The molecule has 10 heteroatoms. The van der Waals surface area contributed by atoms with Gasteiger partial charge in [-0.3, -0.25) is 4.79 Å². The van der Waals surface area contributed by atoms with Crippen LogP contribution in [0.2, 0.25) is 20.1 Å². The Morgan fingerprint density at radius 1 is 0.906 bits per heavy atom. The van der Waals surface area contributed by atoms with E-state index in [0.29, 0.717) is 26.3 Å². The van der Waals surface area contributed by atoms with Crippen molar-refractivity contribution >= 4 is 68.0 Å². The quantitative estimate of drug-likeness (QED) is 0.381. The highest BCUT2D eigenvalue weighted by atomic mass is 35.5. The largest absolute Gasteiger partial charge is 0.324 e. The molecule has 1 N–H and O–H groups in total. The molecule has 0 radical (unpaired) electrons. The van der Waals surface area contributed by atoms with Crippen LogP contribution in [0.1, 0.15) is 11.1 Å². The van der Waals surface area contributed by atoms with Crippen molar-refractivity contribution in [1.29, 1.82) is 0 Å². The molecule has 0 saturated carbocycles. The molecule has 1 amide bonds. The maximum atomic E-state index is 13.4. The molecule has 0 aliphatic heterocycles. The summed E-state index contributed by atoms with van der Waals surface area (Å²) in [6.07, 6.45) is 0. The molecule has 3 rings (SSSR count). The van der Waals surface area contributed by atoms with Crippen LogP contribution in [0.5, 0.6) is 0 Å². The van der Waals surface area contributed by atoms with E-state index < -0.39 is 22.5 Å². The maximum absolute atomic E-state index is 13.4. The predicted octanol–water partition coefficient (Wildman–Crippen LogP) is 6.44. The second-order valence-corrected chi connectivity index (χ2v) is 10.6. The predicted molar refractivity (Wildman–Crippen MR) is 130 cm³/mol. The lowest BCUT2D eigenvalue weighted by atomic mass is 10.2. The number of benzene rings is 3. The Kier molecular flexibility index (Phi) is 8.09. The lowest BCUT2D eigenvalue weighted by Gasteiger charge is -2.23. The molecule has 0 unspecified atom stereocenters. The molecule has 0 bridgehead atoms. The van der Waals surface area contributed by atoms with E-state index >= 15 is 0 Å². The summed E-state index contributed by atoms with van der Waals surface area (Å²) < 4.78 is 27.8. The van der Waals surface area contributed by atoms with E-state index in [4.69, 9.17) is 46.4 Å². The third-order valence-electron chi connectivity index (χ3n) is 4.58. The molecule has 0 aliphatic carbocycles. The van der Waals surface area contributed by atoms with E-state index in [1.807, 2.05) is 6.92 Å². The van der Waals surface area contributed by atoms with Crippen molar-refractivity contribution in [3.8, 4) is 0 Å². The molecular formula is C22H18Cl4N2O3S. The van der Waals surface area contributed by atoms with Gasteiger partial charge >= 0.3 is 0 Å². The molecular weight excluding hydrogens is 514 g/mol. The molecule has 0 saturated heterocycles. The first-order valence-corrected chi connectivity index (χ1v) is 12.3. The maximum Gasteiger partial charge on any atom is 0.243 e. The Bertz CT molecular complexity index is 1230. The molecule has 0 heterocycles. The van der Waals surface area contributed by atoms with Crippen molar-refractivity contribution in [3.05, 3.63) is 91.9 Å². The fraction of sp³-hybridized carbons (Fsp3) is 0.136. The number of sulfonamides is 1. The number of anilines is 1. The molecule has 0 aromatic heterocycles. The smallest absolute Gasteiger partial charge is 0.243 e. The summed E-state index contributed by atoms with van der Waals surface area (Å²) >= 11 is 24.5.